The monoisotopic (exact) mass is 1210 g/mol. The summed E-state index contributed by atoms with van der Waals surface area (Å²) in [5.41, 5.74) is 2.09. The van der Waals surface area contributed by atoms with E-state index in [0.29, 0.717) is 48.4 Å². The maximum Gasteiger partial charge on any atom is 0.192 e. The highest BCUT2D eigenvalue weighted by Crippen LogP contribution is 2.37. The lowest BCUT2D eigenvalue weighted by Gasteiger charge is -2.37. The fraction of sp³-hybridized carbons (Fsp3) is 0.788. The number of aliphatic hydroxyl groups is 1. The van der Waals surface area contributed by atoms with Crippen LogP contribution in [0.5, 0.6) is 0 Å². The van der Waals surface area contributed by atoms with Crippen LogP contribution in [0.3, 0.4) is 0 Å². The highest BCUT2D eigenvalue weighted by atomic mass is 79.9. The lowest BCUT2D eigenvalue weighted by Crippen LogP contribution is -2.43. The molecular weight excluding hydrogens is 1090 g/mol. The Labute approximate surface area is 495 Å². The van der Waals surface area contributed by atoms with Gasteiger partial charge in [0.05, 0.1) is 62.4 Å². The predicted molar refractivity (Wildman–Crippen MR) is 338 cm³/mol. The average molecular weight is 1210 g/mol. The van der Waals surface area contributed by atoms with Gasteiger partial charge in [-0.25, -0.2) is 8.78 Å². The van der Waals surface area contributed by atoms with E-state index in [1.807, 2.05) is 12.1 Å². The Balaban J connectivity index is 0.00000132. The quantitative estimate of drug-likeness (QED) is 0.0396. The Hall–Kier alpha value is -2.05. The molecule has 8 nitrogen and oxygen atoms in total. The largest absolute Gasteiger partial charge is 0.414 e. The number of benzene rings is 2. The number of hydrogen-bond acceptors (Lipinski definition) is 8. The molecule has 2 atom stereocenters. The predicted octanol–water partition coefficient (Wildman–Crippen LogP) is 20.6. The molecule has 13 heteroatoms. The van der Waals surface area contributed by atoms with Gasteiger partial charge < -0.3 is 28.2 Å². The van der Waals surface area contributed by atoms with Crippen LogP contribution in [0.4, 0.5) is 8.78 Å². The van der Waals surface area contributed by atoms with Crippen molar-refractivity contribution in [2.75, 3.05) is 39.6 Å². The molecule has 0 radical (unpaired) electrons. The average Bonchev–Trinajstić information content (AvgIpc) is 3.39. The van der Waals surface area contributed by atoms with Gasteiger partial charge in [0.25, 0.3) is 0 Å². The number of alkyl halides is 1. The number of hydrogen-bond donors (Lipinski definition) is 1. The van der Waals surface area contributed by atoms with Crippen LogP contribution in [0.15, 0.2) is 36.4 Å². The number of ether oxygens (including phenoxy) is 3. The van der Waals surface area contributed by atoms with Crippen LogP contribution >= 0.6 is 15.9 Å². The summed E-state index contributed by atoms with van der Waals surface area (Å²) in [4.78, 5) is 0. The van der Waals surface area contributed by atoms with Crippen molar-refractivity contribution in [3.05, 3.63) is 70.3 Å². The minimum absolute atomic E-state index is 0.108. The van der Waals surface area contributed by atoms with Crippen molar-refractivity contribution in [1.82, 2.24) is 0 Å². The summed E-state index contributed by atoms with van der Waals surface area (Å²) in [6, 6.07) is 12.5. The first kappa shape index (κ1) is 77.0. The Morgan fingerprint density at radius 3 is 1.16 bits per heavy atom. The molecule has 79 heavy (non-hydrogen) atoms. The summed E-state index contributed by atoms with van der Waals surface area (Å²) < 4.78 is 56.7. The molecule has 0 aliphatic heterocycles. The van der Waals surface area contributed by atoms with E-state index in [9.17, 15) is 13.9 Å². The van der Waals surface area contributed by atoms with E-state index in [0.717, 1.165) is 31.6 Å². The van der Waals surface area contributed by atoms with Crippen LogP contribution < -0.4 is 0 Å². The van der Waals surface area contributed by atoms with Gasteiger partial charge in [-0.05, 0) is 96.6 Å². The van der Waals surface area contributed by atoms with Gasteiger partial charge in [0, 0.05) is 18.5 Å². The van der Waals surface area contributed by atoms with E-state index in [1.54, 1.807) is 12.1 Å². The van der Waals surface area contributed by atoms with Crippen molar-refractivity contribution in [1.29, 1.82) is 10.5 Å². The summed E-state index contributed by atoms with van der Waals surface area (Å²) in [5, 5.41) is 28.5. The maximum atomic E-state index is 13.8. The molecule has 0 amide bonds. The van der Waals surface area contributed by atoms with E-state index >= 15 is 0 Å². The van der Waals surface area contributed by atoms with Crippen molar-refractivity contribution < 1.29 is 36.9 Å². The van der Waals surface area contributed by atoms with Gasteiger partial charge in [-0.1, -0.05) is 238 Å². The standard InChI is InChI=1S/C33H58FNO3Si.C25H54O3Si.C8H5BrFN/c1-7-8-9-10-11-12-13-14-15-16-17-18-19-20-21-36-27-32(28-38-39(5,6)33(2,3)4)37-26-30-22-29(25-35)23-31(34)24-30;1-7-8-9-10-11-12-13-14-15-16-17-18-19-20-21-27-22-24(26)23-28-29(5,6)25(2,3)4;9-4-6-1-7(5-11)3-8(10)2-6/h22-24,32H,7-21,26-28H2,1-6H3;24,26H,7-23H2,1-6H3;1-3H,4H2/t32-;24-;/m11./s1. The molecule has 0 heterocycles. The summed E-state index contributed by atoms with van der Waals surface area (Å²) in [5.74, 6) is -0.783. The fourth-order valence-corrected chi connectivity index (χ4v) is 10.7. The van der Waals surface area contributed by atoms with E-state index in [4.69, 9.17) is 33.6 Å². The zero-order valence-corrected chi connectivity index (χ0v) is 56.2. The van der Waals surface area contributed by atoms with Crippen LogP contribution in [0.25, 0.3) is 0 Å². The first-order chi connectivity index (χ1) is 37.5. The van der Waals surface area contributed by atoms with E-state index in [-0.39, 0.29) is 28.6 Å². The van der Waals surface area contributed by atoms with Gasteiger partial charge in [0.1, 0.15) is 17.7 Å². The normalized spacial score (nSPS) is 12.7. The molecule has 2 aromatic rings. The minimum atomic E-state index is -1.93. The third-order valence-corrected chi connectivity index (χ3v) is 25.2. The van der Waals surface area contributed by atoms with Crippen molar-refractivity contribution in [2.24, 2.45) is 0 Å². The molecule has 0 saturated carbocycles. The topological polar surface area (TPSA) is 114 Å². The molecular formula is C66H117BrF2N2O6Si2. The summed E-state index contributed by atoms with van der Waals surface area (Å²) >= 11 is 3.18. The molecule has 0 aromatic heterocycles. The molecule has 1 N–H and O–H groups in total. The third-order valence-electron chi connectivity index (χ3n) is 15.6. The highest BCUT2D eigenvalue weighted by molar-refractivity contribution is 9.08. The van der Waals surface area contributed by atoms with Crippen molar-refractivity contribution in [2.45, 2.75) is 296 Å². The molecule has 456 valence electrons. The van der Waals surface area contributed by atoms with Gasteiger partial charge in [-0.2, -0.15) is 10.5 Å². The van der Waals surface area contributed by atoms with Gasteiger partial charge in [0.15, 0.2) is 16.6 Å². The number of nitriles is 2. The number of rotatable bonds is 44. The molecule has 2 aromatic carbocycles. The summed E-state index contributed by atoms with van der Waals surface area (Å²) in [6.07, 6.45) is 37.2. The molecule has 0 saturated heterocycles. The van der Waals surface area contributed by atoms with Crippen LogP contribution in [0, 0.1) is 34.3 Å². The second-order valence-electron chi connectivity index (χ2n) is 25.1. The first-order valence-corrected chi connectivity index (χ1v) is 38.2. The zero-order valence-electron chi connectivity index (χ0n) is 52.6. The fourth-order valence-electron chi connectivity index (χ4n) is 8.27. The first-order valence-electron chi connectivity index (χ1n) is 31.2. The molecule has 0 bridgehead atoms. The Morgan fingerprint density at radius 2 is 0.810 bits per heavy atom. The summed E-state index contributed by atoms with van der Waals surface area (Å²) in [6.45, 7) is 30.2. The van der Waals surface area contributed by atoms with Gasteiger partial charge in [-0.3, -0.25) is 0 Å². The molecule has 0 aliphatic rings. The third kappa shape index (κ3) is 42.4. The Kier molecular flexibility index (Phi) is 46.1. The van der Waals surface area contributed by atoms with Crippen LogP contribution in [0.1, 0.15) is 257 Å². The van der Waals surface area contributed by atoms with E-state index in [2.05, 4.69) is 97.5 Å². The Morgan fingerprint density at radius 1 is 0.481 bits per heavy atom. The van der Waals surface area contributed by atoms with Crippen LogP contribution in [-0.4, -0.2) is 73.6 Å². The van der Waals surface area contributed by atoms with Gasteiger partial charge >= 0.3 is 0 Å². The second-order valence-corrected chi connectivity index (χ2v) is 35.3. The van der Waals surface area contributed by atoms with Crippen molar-refractivity contribution >= 4 is 32.6 Å². The number of aliphatic hydroxyl groups excluding tert-OH is 1. The summed E-state index contributed by atoms with van der Waals surface area (Å²) in [7, 11) is -3.70. The van der Waals surface area contributed by atoms with Crippen molar-refractivity contribution in [3.63, 3.8) is 0 Å². The Bertz CT molecular complexity index is 1860. The van der Waals surface area contributed by atoms with Crippen LogP contribution in [-0.2, 0) is 35.0 Å². The van der Waals surface area contributed by atoms with Gasteiger partial charge in [0.2, 0.25) is 0 Å². The lowest BCUT2D eigenvalue weighted by molar-refractivity contribution is -0.0477. The maximum absolute atomic E-state index is 13.8. The molecule has 0 aliphatic carbocycles. The second kappa shape index (κ2) is 47.3. The van der Waals surface area contributed by atoms with Gasteiger partial charge in [-0.15, -0.1) is 0 Å². The number of nitrogens with zero attached hydrogens (tertiary/aromatic N) is 2. The molecule has 0 fully saturated rings. The number of halogens is 3. The SMILES string of the molecule is CCCCCCCCCCCCCCCCOC[C@@H](O)CO[Si](C)(C)C(C)(C)C.CCCCCCCCCCCCCCCCOC[C@H](CO[Si](C)(C)C(C)(C)C)OCc1cc(F)cc(C#N)c1.N#Cc1cc(F)cc(CBr)c1. The van der Waals surface area contributed by atoms with E-state index < -0.39 is 28.6 Å². The smallest absolute Gasteiger partial charge is 0.192 e. The molecule has 2 rings (SSSR count). The van der Waals surface area contributed by atoms with Crippen molar-refractivity contribution in [3.8, 4) is 12.1 Å². The highest BCUT2D eigenvalue weighted by Gasteiger charge is 2.38. The van der Waals surface area contributed by atoms with Crippen LogP contribution in [0.2, 0.25) is 36.3 Å². The number of unbranched alkanes of at least 4 members (excludes halogenated alkanes) is 26. The van der Waals surface area contributed by atoms with E-state index in [1.165, 1.54) is 191 Å². The molecule has 0 spiro atoms. The lowest BCUT2D eigenvalue weighted by atomic mass is 10.0. The molecule has 0 unspecified atom stereocenters. The minimum Gasteiger partial charge on any atom is -0.414 e. The zero-order chi connectivity index (χ0) is 59.3.